The molecule has 7 fully saturated rings. The molecule has 1 aromatic carbocycles. The zero-order valence-electron chi connectivity index (χ0n) is 45.3. The van der Waals surface area contributed by atoms with Crippen LogP contribution in [0.4, 0.5) is 5.69 Å². The molecule has 8 aliphatic rings. The maximum absolute atomic E-state index is 15.1. The van der Waals surface area contributed by atoms with Gasteiger partial charge in [-0.25, -0.2) is 0 Å². The first kappa shape index (κ1) is 56.2. The van der Waals surface area contributed by atoms with Gasteiger partial charge in [0, 0.05) is 0 Å². The summed E-state index contributed by atoms with van der Waals surface area (Å²) in [5.41, 5.74) is 0.548. The van der Waals surface area contributed by atoms with Crippen LogP contribution in [0.2, 0.25) is 0 Å². The quantitative estimate of drug-likeness (QED) is 0.111. The topological polar surface area (TPSA) is 265 Å². The predicted molar refractivity (Wildman–Crippen MR) is 268 cm³/mol. The number of methoxy groups -OCH3 is 2. The Hall–Kier alpha value is -2.53. The molecule has 0 radical (unpaired) electrons. The zero-order valence-corrected chi connectivity index (χ0v) is 45.3. The first-order valence-electron chi connectivity index (χ1n) is 27.4. The number of aliphatic hydroxyl groups is 8. The molecule has 3 saturated heterocycles. The van der Waals surface area contributed by atoms with Crippen molar-refractivity contribution in [1.29, 1.82) is 0 Å². The van der Waals surface area contributed by atoms with Crippen molar-refractivity contribution in [2.24, 2.45) is 56.7 Å². The number of para-hydroxylation sites is 1. The molecule has 3 heterocycles. The normalized spacial score (nSPS) is 50.0. The molecule has 418 valence electrons. The van der Waals surface area contributed by atoms with E-state index in [4.69, 9.17) is 37.9 Å². The SMILES string of the molecule is COc1cccc(OC)c1NC(=O)[C@]12CC[C@@H](C)[C@H](C)[C@H]1C1=CC[C@@H]3[C@@]4(C)CC[C@H](O[C@@H]5O[C@H](CO)[C@@H](O[C@@H]6O[C@@H](C)[C@H](O)[C@@H](O)[C@H]6O)[C@H](O)[C@H]5O[C@@H]5O[C@@H](C)[C@H](O)[C@@H](O)[C@H]5O)C(C)(C)[C@@H]4CC[C@@]3(C)[C@]1(C)CC2. The van der Waals surface area contributed by atoms with Crippen LogP contribution in [0, 0.1) is 56.7 Å². The number of hydrogen-bond donors (Lipinski definition) is 9. The van der Waals surface area contributed by atoms with Gasteiger partial charge in [-0.15, -0.1) is 0 Å². The highest BCUT2D eigenvalue weighted by Gasteiger charge is 2.70. The first-order valence-corrected chi connectivity index (χ1v) is 27.4. The minimum atomic E-state index is -1.75. The maximum Gasteiger partial charge on any atom is 0.231 e. The number of carbonyl (C=O) groups is 1. The fourth-order valence-corrected chi connectivity index (χ4v) is 16.5. The van der Waals surface area contributed by atoms with Gasteiger partial charge in [0.25, 0.3) is 0 Å². The summed E-state index contributed by atoms with van der Waals surface area (Å²) < 4.78 is 48.9. The van der Waals surface area contributed by atoms with Gasteiger partial charge in [0.15, 0.2) is 18.9 Å². The number of ether oxygens (including phenoxy) is 8. The van der Waals surface area contributed by atoms with Gasteiger partial charge in [0.2, 0.25) is 5.91 Å². The molecule has 18 nitrogen and oxygen atoms in total. The minimum absolute atomic E-state index is 0.0334. The fourth-order valence-electron chi connectivity index (χ4n) is 16.5. The van der Waals surface area contributed by atoms with Crippen LogP contribution < -0.4 is 14.8 Å². The van der Waals surface area contributed by atoms with Crippen LogP contribution in [0.1, 0.15) is 120 Å². The molecule has 0 bridgehead atoms. The van der Waals surface area contributed by atoms with Crippen molar-refractivity contribution in [3.63, 3.8) is 0 Å². The zero-order chi connectivity index (χ0) is 53.8. The van der Waals surface area contributed by atoms with E-state index in [0.29, 0.717) is 35.4 Å². The van der Waals surface area contributed by atoms with Gasteiger partial charge >= 0.3 is 0 Å². The van der Waals surface area contributed by atoms with E-state index in [1.807, 2.05) is 18.2 Å². The van der Waals surface area contributed by atoms with Gasteiger partial charge in [-0.1, -0.05) is 66.2 Å². The van der Waals surface area contributed by atoms with Crippen LogP contribution in [0.15, 0.2) is 29.8 Å². The first-order chi connectivity index (χ1) is 34.8. The van der Waals surface area contributed by atoms with Crippen LogP contribution >= 0.6 is 0 Å². The Morgan fingerprint density at radius 3 is 1.84 bits per heavy atom. The van der Waals surface area contributed by atoms with Crippen LogP contribution in [0.3, 0.4) is 0 Å². The molecule has 0 spiro atoms. The van der Waals surface area contributed by atoms with Crippen molar-refractivity contribution in [1.82, 2.24) is 0 Å². The highest BCUT2D eigenvalue weighted by Crippen LogP contribution is 2.76. The second-order valence-corrected chi connectivity index (χ2v) is 25.1. The number of aliphatic hydroxyl groups excluding tert-OH is 8. The van der Waals surface area contributed by atoms with E-state index >= 15 is 4.79 Å². The van der Waals surface area contributed by atoms with E-state index in [1.54, 1.807) is 14.2 Å². The summed E-state index contributed by atoms with van der Waals surface area (Å²) in [6.45, 7) is 19.0. The molecule has 0 aromatic heterocycles. The Morgan fingerprint density at radius 1 is 0.662 bits per heavy atom. The largest absolute Gasteiger partial charge is 0.494 e. The van der Waals surface area contributed by atoms with E-state index in [0.717, 1.165) is 51.4 Å². The van der Waals surface area contributed by atoms with Crippen molar-refractivity contribution in [3.05, 3.63) is 29.8 Å². The van der Waals surface area contributed by atoms with Gasteiger partial charge in [0.1, 0.15) is 78.2 Å². The third-order valence-electron chi connectivity index (χ3n) is 21.3. The lowest BCUT2D eigenvalue weighted by Crippen LogP contribution is -2.68. The van der Waals surface area contributed by atoms with Crippen molar-refractivity contribution >= 4 is 11.6 Å². The van der Waals surface area contributed by atoms with E-state index in [1.165, 1.54) is 19.4 Å². The van der Waals surface area contributed by atoms with Gasteiger partial charge < -0.3 is 84.1 Å². The third kappa shape index (κ3) is 8.79. The number of amides is 1. The minimum Gasteiger partial charge on any atom is -0.494 e. The van der Waals surface area contributed by atoms with Crippen molar-refractivity contribution in [3.8, 4) is 11.5 Å². The molecule has 1 amide bonds. The van der Waals surface area contributed by atoms with E-state index in [-0.39, 0.29) is 39.9 Å². The number of benzene rings is 1. The Balaban J connectivity index is 0.988. The molecule has 9 N–H and O–H groups in total. The van der Waals surface area contributed by atoms with Gasteiger partial charge in [-0.3, -0.25) is 4.79 Å². The Bertz CT molecular complexity index is 2190. The standard InChI is InChI=1S/C56H87NO17/c1-26-17-22-56(51(66)57-38-31(67-10)13-12-14-32(38)68-11)24-23-54(8)30(37(56)27(26)2)15-16-35-53(7)20-19-36(52(5,6)34(53)18-21-55(35,54)9)72-50-47(74-49-44(64)42(62)40(60)29(4)70-49)45(65)46(33(25-58)71-50)73-48-43(63)41(61)39(59)28(3)69-48/h12-15,26-29,33-37,39-50,58-65H,16-25H2,1-11H3,(H,57,66)/t26-,27+,28+,29+,33-,34+,35-,36+,37+,39+,40+,41-,42-,43-,44-,45+,46-,47-,48+,49+,50+,53+,54-,55-,56+/m1/s1. The fraction of sp³-hybridized carbons (Fsp3) is 0.839. The Morgan fingerprint density at radius 2 is 1.26 bits per heavy atom. The molecule has 1 aromatic rings. The molecule has 4 saturated carbocycles. The number of hydrogen-bond acceptors (Lipinski definition) is 17. The van der Waals surface area contributed by atoms with Crippen molar-refractivity contribution in [2.45, 2.75) is 218 Å². The summed E-state index contributed by atoms with van der Waals surface area (Å²) in [5.74, 6) is 2.43. The average Bonchev–Trinajstić information content (AvgIpc) is 3.37. The molecule has 0 unspecified atom stereocenters. The summed E-state index contributed by atoms with van der Waals surface area (Å²) in [4.78, 5) is 15.1. The summed E-state index contributed by atoms with van der Waals surface area (Å²) in [7, 11) is 3.21. The van der Waals surface area contributed by atoms with Gasteiger partial charge in [-0.05, 0) is 135 Å². The number of fused-ring (bicyclic) bond motifs is 7. The average molecular weight is 1050 g/mol. The molecule has 18 heteroatoms. The predicted octanol–water partition coefficient (Wildman–Crippen LogP) is 4.19. The highest BCUT2D eigenvalue weighted by atomic mass is 16.8. The lowest BCUT2D eigenvalue weighted by molar-refractivity contribution is -0.393. The highest BCUT2D eigenvalue weighted by molar-refractivity contribution is 5.99. The molecular formula is C56H87NO17. The van der Waals surface area contributed by atoms with Gasteiger partial charge in [-0.2, -0.15) is 0 Å². The maximum atomic E-state index is 15.1. The molecule has 3 aliphatic heterocycles. The summed E-state index contributed by atoms with van der Waals surface area (Å²) in [5, 5.41) is 90.6. The number of allylic oxidation sites excluding steroid dienone is 2. The van der Waals surface area contributed by atoms with Crippen molar-refractivity contribution < 1.29 is 83.5 Å². The smallest absolute Gasteiger partial charge is 0.231 e. The van der Waals surface area contributed by atoms with E-state index in [9.17, 15) is 40.9 Å². The second kappa shape index (κ2) is 20.6. The monoisotopic (exact) mass is 1050 g/mol. The molecule has 9 rings (SSSR count). The lowest BCUT2D eigenvalue weighted by atomic mass is 9.33. The molecule has 5 aliphatic carbocycles. The number of carbonyl (C=O) groups excluding carboxylic acids is 1. The number of anilines is 1. The molecule has 74 heavy (non-hydrogen) atoms. The third-order valence-corrected chi connectivity index (χ3v) is 21.3. The van der Waals surface area contributed by atoms with E-state index < -0.39 is 116 Å². The van der Waals surface area contributed by atoms with Crippen LogP contribution in [0.25, 0.3) is 0 Å². The summed E-state index contributed by atoms with van der Waals surface area (Å²) in [6.07, 6.45) is -12.3. The molecular weight excluding hydrogens is 959 g/mol. The van der Waals surface area contributed by atoms with Crippen molar-refractivity contribution in [2.75, 3.05) is 26.1 Å². The summed E-state index contributed by atoms with van der Waals surface area (Å²) in [6, 6.07) is 5.55. The van der Waals surface area contributed by atoms with Crippen LogP contribution in [-0.4, -0.2) is 166 Å². The Labute approximate surface area is 436 Å². The summed E-state index contributed by atoms with van der Waals surface area (Å²) >= 11 is 0. The lowest BCUT2D eigenvalue weighted by Gasteiger charge is -2.71. The Kier molecular flexibility index (Phi) is 15.6. The number of nitrogens with one attached hydrogen (secondary N) is 1. The van der Waals surface area contributed by atoms with Crippen LogP contribution in [0.5, 0.6) is 11.5 Å². The van der Waals surface area contributed by atoms with E-state index in [2.05, 4.69) is 59.9 Å². The molecule has 25 atom stereocenters. The second-order valence-electron chi connectivity index (χ2n) is 25.1. The number of rotatable bonds is 11. The van der Waals surface area contributed by atoms with Gasteiger partial charge in [0.05, 0.1) is 44.6 Å². The van der Waals surface area contributed by atoms with Crippen LogP contribution in [-0.2, 0) is 33.2 Å².